The fraction of sp³-hybridized carbons (Fsp3) is 0.194. The molecule has 0 radical (unpaired) electrons. The maximum absolute atomic E-state index is 13.9. The number of ether oxygens (including phenoxy) is 3. The first kappa shape index (κ1) is 25.6. The van der Waals surface area contributed by atoms with Crippen molar-refractivity contribution in [3.05, 3.63) is 120 Å². The highest BCUT2D eigenvalue weighted by Crippen LogP contribution is 2.33. The molecule has 190 valence electrons. The van der Waals surface area contributed by atoms with E-state index in [-0.39, 0.29) is 12.1 Å². The largest absolute Gasteiger partial charge is 0.494 e. The zero-order valence-electron chi connectivity index (χ0n) is 21.4. The van der Waals surface area contributed by atoms with Crippen LogP contribution in [0.2, 0.25) is 0 Å². The first-order valence-corrected chi connectivity index (χ1v) is 12.2. The number of carbonyl (C=O) groups is 1. The molecule has 0 spiro atoms. The third-order valence-corrected chi connectivity index (χ3v) is 6.02. The highest BCUT2D eigenvalue weighted by Gasteiger charge is 2.27. The van der Waals surface area contributed by atoms with Gasteiger partial charge in [0.2, 0.25) is 0 Å². The van der Waals surface area contributed by atoms with E-state index >= 15 is 0 Å². The summed E-state index contributed by atoms with van der Waals surface area (Å²) in [4.78, 5) is 15.8. The van der Waals surface area contributed by atoms with Crippen LogP contribution in [0.15, 0.2) is 103 Å². The Kier molecular flexibility index (Phi) is 8.66. The van der Waals surface area contributed by atoms with Crippen molar-refractivity contribution in [2.75, 3.05) is 26.1 Å². The summed E-state index contributed by atoms with van der Waals surface area (Å²) in [7, 11) is 3.21. The minimum absolute atomic E-state index is 0.225. The number of urea groups is 1. The molecule has 0 aromatic heterocycles. The minimum Gasteiger partial charge on any atom is -0.494 e. The summed E-state index contributed by atoms with van der Waals surface area (Å²) >= 11 is 0. The van der Waals surface area contributed by atoms with Gasteiger partial charge in [0.05, 0.1) is 26.9 Å². The molecular formula is C31H32N2O4. The molecule has 4 aromatic rings. The summed E-state index contributed by atoms with van der Waals surface area (Å²) in [6, 6.07) is 32.7. The van der Waals surface area contributed by atoms with Crippen LogP contribution >= 0.6 is 0 Å². The predicted octanol–water partition coefficient (Wildman–Crippen LogP) is 6.93. The number of anilines is 1. The fourth-order valence-electron chi connectivity index (χ4n) is 4.28. The van der Waals surface area contributed by atoms with Crippen LogP contribution in [-0.4, -0.2) is 31.8 Å². The maximum atomic E-state index is 13.9. The second-order valence-corrected chi connectivity index (χ2v) is 8.43. The van der Waals surface area contributed by atoms with Crippen LogP contribution in [0.3, 0.4) is 0 Å². The minimum atomic E-state index is -0.321. The fourth-order valence-corrected chi connectivity index (χ4v) is 4.28. The van der Waals surface area contributed by atoms with Gasteiger partial charge in [-0.3, -0.25) is 0 Å². The number of rotatable bonds is 10. The van der Waals surface area contributed by atoms with E-state index < -0.39 is 0 Å². The molecule has 0 aliphatic carbocycles. The number of nitrogens with one attached hydrogen (secondary N) is 1. The zero-order valence-corrected chi connectivity index (χ0v) is 21.4. The Morgan fingerprint density at radius 2 is 1.38 bits per heavy atom. The van der Waals surface area contributed by atoms with Gasteiger partial charge in [0, 0.05) is 12.2 Å². The van der Waals surface area contributed by atoms with E-state index in [4.69, 9.17) is 14.2 Å². The normalized spacial score (nSPS) is 10.6. The highest BCUT2D eigenvalue weighted by molar-refractivity contribution is 5.90. The molecule has 4 aromatic carbocycles. The molecule has 0 bridgehead atoms. The summed E-state index contributed by atoms with van der Waals surface area (Å²) in [6.45, 7) is 2.87. The molecule has 2 amide bonds. The number of benzene rings is 4. The van der Waals surface area contributed by atoms with Gasteiger partial charge in [0.15, 0.2) is 11.5 Å². The van der Waals surface area contributed by atoms with Crippen LogP contribution in [0.4, 0.5) is 10.5 Å². The third kappa shape index (κ3) is 6.41. The Labute approximate surface area is 218 Å². The van der Waals surface area contributed by atoms with Crippen molar-refractivity contribution in [2.24, 2.45) is 0 Å². The van der Waals surface area contributed by atoms with E-state index in [2.05, 4.69) is 5.32 Å². The average Bonchev–Trinajstić information content (AvgIpc) is 2.95. The van der Waals surface area contributed by atoms with Crippen LogP contribution < -0.4 is 19.5 Å². The molecule has 0 saturated heterocycles. The summed E-state index contributed by atoms with van der Waals surface area (Å²) in [5.74, 6) is 2.01. The Hall–Kier alpha value is -4.45. The van der Waals surface area contributed by atoms with Crippen molar-refractivity contribution in [1.82, 2.24) is 4.90 Å². The van der Waals surface area contributed by atoms with Crippen molar-refractivity contribution in [3.63, 3.8) is 0 Å². The number of methoxy groups -OCH3 is 2. The summed E-state index contributed by atoms with van der Waals surface area (Å²) in [6.07, 6.45) is 0. The smallest absolute Gasteiger partial charge is 0.322 e. The molecule has 6 heteroatoms. The van der Waals surface area contributed by atoms with Crippen molar-refractivity contribution < 1.29 is 19.0 Å². The van der Waals surface area contributed by atoms with E-state index in [1.807, 2.05) is 115 Å². The molecule has 4 rings (SSSR count). The number of nitrogens with zero attached hydrogens (tertiary/aromatic N) is 1. The van der Waals surface area contributed by atoms with Gasteiger partial charge in [-0.1, -0.05) is 66.7 Å². The Morgan fingerprint density at radius 3 is 1.92 bits per heavy atom. The van der Waals surface area contributed by atoms with Gasteiger partial charge in [-0.25, -0.2) is 4.79 Å². The second-order valence-electron chi connectivity index (χ2n) is 8.43. The molecule has 0 aliphatic rings. The molecule has 6 nitrogen and oxygen atoms in total. The Bertz CT molecular complexity index is 1240. The van der Waals surface area contributed by atoms with Crippen LogP contribution in [0.1, 0.15) is 29.7 Å². The van der Waals surface area contributed by atoms with E-state index in [0.29, 0.717) is 30.3 Å². The summed E-state index contributed by atoms with van der Waals surface area (Å²) in [5.41, 5.74) is 3.62. The lowest BCUT2D eigenvalue weighted by Crippen LogP contribution is -2.38. The molecule has 1 N–H and O–H groups in total. The SMILES string of the molecule is CCOc1ccc(NC(=O)N(Cc2ccc(OC)c(OC)c2)C(c2ccccc2)c2ccccc2)cc1. The Balaban J connectivity index is 1.73. The molecule has 0 heterocycles. The van der Waals surface area contributed by atoms with E-state index in [1.54, 1.807) is 14.2 Å². The lowest BCUT2D eigenvalue weighted by Gasteiger charge is -2.33. The van der Waals surface area contributed by atoms with Crippen LogP contribution in [0, 0.1) is 0 Å². The van der Waals surface area contributed by atoms with Crippen molar-refractivity contribution in [1.29, 1.82) is 0 Å². The molecule has 37 heavy (non-hydrogen) atoms. The Morgan fingerprint density at radius 1 is 0.784 bits per heavy atom. The van der Waals surface area contributed by atoms with Crippen molar-refractivity contribution in [2.45, 2.75) is 19.5 Å². The number of hydrogen-bond donors (Lipinski definition) is 1. The van der Waals surface area contributed by atoms with Gasteiger partial charge in [-0.2, -0.15) is 0 Å². The average molecular weight is 497 g/mol. The molecule has 0 fully saturated rings. The molecule has 0 aliphatic heterocycles. The van der Waals surface area contributed by atoms with Gasteiger partial charge < -0.3 is 24.4 Å². The van der Waals surface area contributed by atoms with E-state index in [1.165, 1.54) is 0 Å². The highest BCUT2D eigenvalue weighted by atomic mass is 16.5. The van der Waals surface area contributed by atoms with Gasteiger partial charge in [-0.05, 0) is 60.0 Å². The summed E-state index contributed by atoms with van der Waals surface area (Å²) in [5, 5.41) is 3.08. The molecule has 0 saturated carbocycles. The maximum Gasteiger partial charge on any atom is 0.322 e. The zero-order chi connectivity index (χ0) is 26.0. The topological polar surface area (TPSA) is 60.0 Å². The molecular weight excluding hydrogens is 464 g/mol. The summed E-state index contributed by atoms with van der Waals surface area (Å²) < 4.78 is 16.5. The second kappa shape index (κ2) is 12.5. The van der Waals surface area contributed by atoms with Crippen molar-refractivity contribution >= 4 is 11.7 Å². The lowest BCUT2D eigenvalue weighted by molar-refractivity contribution is 0.194. The predicted molar refractivity (Wildman–Crippen MR) is 146 cm³/mol. The number of amides is 2. The standard InChI is InChI=1S/C31H32N2O4/c1-4-37-27-18-16-26(17-19-27)32-31(34)33(22-23-15-20-28(35-2)29(21-23)36-3)30(24-11-7-5-8-12-24)25-13-9-6-10-14-25/h5-21,30H,4,22H2,1-3H3,(H,32,34). The molecule has 0 unspecified atom stereocenters. The quantitative estimate of drug-likeness (QED) is 0.259. The van der Waals surface area contributed by atoms with E-state index in [9.17, 15) is 4.79 Å². The molecule has 0 atom stereocenters. The van der Waals surface area contributed by atoms with Crippen LogP contribution in [-0.2, 0) is 6.54 Å². The lowest BCUT2D eigenvalue weighted by atomic mass is 9.96. The number of hydrogen-bond acceptors (Lipinski definition) is 4. The van der Waals surface area contributed by atoms with Gasteiger partial charge in [0.1, 0.15) is 5.75 Å². The van der Waals surface area contributed by atoms with Gasteiger partial charge in [-0.15, -0.1) is 0 Å². The monoisotopic (exact) mass is 496 g/mol. The van der Waals surface area contributed by atoms with Crippen LogP contribution in [0.25, 0.3) is 0 Å². The van der Waals surface area contributed by atoms with Crippen molar-refractivity contribution in [3.8, 4) is 17.2 Å². The first-order chi connectivity index (χ1) is 18.1. The van der Waals surface area contributed by atoms with Crippen LogP contribution in [0.5, 0.6) is 17.2 Å². The number of carbonyl (C=O) groups excluding carboxylic acids is 1. The van der Waals surface area contributed by atoms with Gasteiger partial charge in [0.25, 0.3) is 0 Å². The first-order valence-electron chi connectivity index (χ1n) is 12.2. The third-order valence-electron chi connectivity index (χ3n) is 6.02. The van der Waals surface area contributed by atoms with Gasteiger partial charge >= 0.3 is 6.03 Å². The van der Waals surface area contributed by atoms with E-state index in [0.717, 1.165) is 22.4 Å².